The SMILES string of the molecule is CCNc1nc(NC(CO)C(C)C)nc(N(C)C)n1. The van der Waals surface area contributed by atoms with Crippen LogP contribution in [0.25, 0.3) is 0 Å². The molecular formula is C12H24N6O. The quantitative estimate of drug-likeness (QED) is 0.674. The van der Waals surface area contributed by atoms with Crippen molar-refractivity contribution in [1.29, 1.82) is 0 Å². The Balaban J connectivity index is 2.98. The molecule has 7 nitrogen and oxygen atoms in total. The van der Waals surface area contributed by atoms with Crippen LogP contribution in [-0.2, 0) is 0 Å². The van der Waals surface area contributed by atoms with Crippen LogP contribution >= 0.6 is 0 Å². The molecule has 7 heteroatoms. The molecule has 0 aromatic carbocycles. The van der Waals surface area contributed by atoms with E-state index in [4.69, 9.17) is 0 Å². The monoisotopic (exact) mass is 268 g/mol. The maximum Gasteiger partial charge on any atom is 0.231 e. The van der Waals surface area contributed by atoms with E-state index in [1.165, 1.54) is 0 Å². The van der Waals surface area contributed by atoms with Gasteiger partial charge in [0.1, 0.15) is 0 Å². The molecule has 0 spiro atoms. The Labute approximate surface area is 114 Å². The first-order valence-corrected chi connectivity index (χ1v) is 6.52. The summed E-state index contributed by atoms with van der Waals surface area (Å²) in [6.07, 6.45) is 0. The minimum absolute atomic E-state index is 0.0389. The predicted octanol–water partition coefficient (Wildman–Crippen LogP) is 0.798. The molecule has 1 atom stereocenters. The van der Waals surface area contributed by atoms with Gasteiger partial charge in [-0.1, -0.05) is 13.8 Å². The van der Waals surface area contributed by atoms with Crippen LogP contribution in [0.5, 0.6) is 0 Å². The molecule has 0 aliphatic rings. The van der Waals surface area contributed by atoms with Crippen molar-refractivity contribution in [3.63, 3.8) is 0 Å². The number of aliphatic hydroxyl groups excluding tert-OH is 1. The molecule has 3 N–H and O–H groups in total. The summed E-state index contributed by atoms with van der Waals surface area (Å²) in [5.74, 6) is 1.87. The fraction of sp³-hybridized carbons (Fsp3) is 0.750. The van der Waals surface area contributed by atoms with Gasteiger partial charge in [-0.2, -0.15) is 15.0 Å². The van der Waals surface area contributed by atoms with Crippen molar-refractivity contribution in [1.82, 2.24) is 15.0 Å². The van der Waals surface area contributed by atoms with Gasteiger partial charge >= 0.3 is 0 Å². The second kappa shape index (κ2) is 7.08. The van der Waals surface area contributed by atoms with E-state index >= 15 is 0 Å². The third-order valence-corrected chi connectivity index (χ3v) is 2.67. The van der Waals surface area contributed by atoms with Gasteiger partial charge in [-0.25, -0.2) is 0 Å². The third kappa shape index (κ3) is 4.51. The summed E-state index contributed by atoms with van der Waals surface area (Å²) in [5, 5.41) is 15.6. The summed E-state index contributed by atoms with van der Waals surface area (Å²) in [6, 6.07) is -0.0770. The van der Waals surface area contributed by atoms with Crippen molar-refractivity contribution < 1.29 is 5.11 Å². The average molecular weight is 268 g/mol. The van der Waals surface area contributed by atoms with Crippen LogP contribution in [0.4, 0.5) is 17.8 Å². The van der Waals surface area contributed by atoms with Crippen LogP contribution in [0, 0.1) is 5.92 Å². The van der Waals surface area contributed by atoms with Gasteiger partial charge in [-0.15, -0.1) is 0 Å². The van der Waals surface area contributed by atoms with Gasteiger partial charge in [0.25, 0.3) is 0 Å². The molecule has 1 aromatic heterocycles. The Morgan fingerprint density at radius 3 is 2.26 bits per heavy atom. The molecule has 19 heavy (non-hydrogen) atoms. The van der Waals surface area contributed by atoms with E-state index in [9.17, 15) is 5.11 Å². The molecule has 1 aromatic rings. The first kappa shape index (κ1) is 15.4. The minimum Gasteiger partial charge on any atom is -0.394 e. The van der Waals surface area contributed by atoms with E-state index in [-0.39, 0.29) is 18.6 Å². The topological polar surface area (TPSA) is 86.2 Å². The number of nitrogens with zero attached hydrogens (tertiary/aromatic N) is 4. The number of rotatable bonds is 7. The maximum absolute atomic E-state index is 9.35. The van der Waals surface area contributed by atoms with Gasteiger partial charge < -0.3 is 20.6 Å². The second-order valence-electron chi connectivity index (χ2n) is 4.88. The normalized spacial score (nSPS) is 12.4. The van der Waals surface area contributed by atoms with Crippen molar-refractivity contribution in [2.45, 2.75) is 26.8 Å². The Hall–Kier alpha value is -1.63. The van der Waals surface area contributed by atoms with E-state index in [0.717, 1.165) is 6.54 Å². The molecule has 108 valence electrons. The third-order valence-electron chi connectivity index (χ3n) is 2.67. The molecule has 0 aliphatic heterocycles. The number of aliphatic hydroxyl groups is 1. The minimum atomic E-state index is -0.0770. The zero-order valence-electron chi connectivity index (χ0n) is 12.3. The number of hydrogen-bond donors (Lipinski definition) is 3. The standard InChI is InChI=1S/C12H24N6O/c1-6-13-10-15-11(14-9(7-19)8(2)3)17-12(16-10)18(4)5/h8-9,19H,6-7H2,1-5H3,(H2,13,14,15,16,17). The summed E-state index contributed by atoms with van der Waals surface area (Å²) in [5.41, 5.74) is 0. The van der Waals surface area contributed by atoms with Crippen molar-refractivity contribution >= 4 is 17.8 Å². The van der Waals surface area contributed by atoms with Crippen molar-refractivity contribution in [3.05, 3.63) is 0 Å². The molecule has 0 aliphatic carbocycles. The number of anilines is 3. The average Bonchev–Trinajstić information content (AvgIpc) is 2.35. The fourth-order valence-corrected chi connectivity index (χ4v) is 1.46. The fourth-order valence-electron chi connectivity index (χ4n) is 1.46. The van der Waals surface area contributed by atoms with E-state index in [1.54, 1.807) is 0 Å². The van der Waals surface area contributed by atoms with Gasteiger partial charge in [0.2, 0.25) is 17.8 Å². The van der Waals surface area contributed by atoms with Gasteiger partial charge in [0, 0.05) is 20.6 Å². The number of nitrogens with one attached hydrogen (secondary N) is 2. The molecule has 1 rings (SSSR count). The highest BCUT2D eigenvalue weighted by Crippen LogP contribution is 2.14. The largest absolute Gasteiger partial charge is 0.394 e. The van der Waals surface area contributed by atoms with E-state index in [1.807, 2.05) is 39.8 Å². The molecule has 0 amide bonds. The van der Waals surface area contributed by atoms with Crippen molar-refractivity contribution in [2.75, 3.05) is 42.8 Å². The maximum atomic E-state index is 9.35. The Bertz CT molecular complexity index is 396. The van der Waals surface area contributed by atoms with E-state index < -0.39 is 0 Å². The molecule has 0 saturated heterocycles. The zero-order chi connectivity index (χ0) is 14.4. The first-order chi connectivity index (χ1) is 8.97. The molecule has 0 radical (unpaired) electrons. The van der Waals surface area contributed by atoms with Gasteiger partial charge in [0.15, 0.2) is 0 Å². The van der Waals surface area contributed by atoms with Crippen LogP contribution in [0.1, 0.15) is 20.8 Å². The number of aromatic nitrogens is 3. The Morgan fingerprint density at radius 2 is 1.79 bits per heavy atom. The first-order valence-electron chi connectivity index (χ1n) is 6.52. The van der Waals surface area contributed by atoms with Crippen LogP contribution in [-0.4, -0.2) is 53.3 Å². The van der Waals surface area contributed by atoms with Crippen molar-refractivity contribution in [3.8, 4) is 0 Å². The summed E-state index contributed by atoms with van der Waals surface area (Å²) >= 11 is 0. The molecule has 0 bridgehead atoms. The molecule has 1 unspecified atom stereocenters. The number of hydrogen-bond acceptors (Lipinski definition) is 7. The lowest BCUT2D eigenvalue weighted by atomic mass is 10.1. The highest BCUT2D eigenvalue weighted by Gasteiger charge is 2.15. The van der Waals surface area contributed by atoms with E-state index in [0.29, 0.717) is 17.8 Å². The Kier molecular flexibility index (Phi) is 5.75. The lowest BCUT2D eigenvalue weighted by Gasteiger charge is -2.21. The Morgan fingerprint density at radius 1 is 1.16 bits per heavy atom. The van der Waals surface area contributed by atoms with Gasteiger partial charge in [-0.05, 0) is 12.8 Å². The van der Waals surface area contributed by atoms with Gasteiger partial charge in [0.05, 0.1) is 12.6 Å². The molecule has 1 heterocycles. The highest BCUT2D eigenvalue weighted by molar-refractivity contribution is 5.43. The van der Waals surface area contributed by atoms with E-state index in [2.05, 4.69) is 25.6 Å². The highest BCUT2D eigenvalue weighted by atomic mass is 16.3. The second-order valence-corrected chi connectivity index (χ2v) is 4.88. The van der Waals surface area contributed by atoms with Crippen LogP contribution in [0.2, 0.25) is 0 Å². The van der Waals surface area contributed by atoms with Crippen LogP contribution in [0.3, 0.4) is 0 Å². The summed E-state index contributed by atoms with van der Waals surface area (Å²) < 4.78 is 0. The predicted molar refractivity (Wildman–Crippen MR) is 77.7 cm³/mol. The summed E-state index contributed by atoms with van der Waals surface area (Å²) in [4.78, 5) is 14.7. The smallest absolute Gasteiger partial charge is 0.231 e. The van der Waals surface area contributed by atoms with Gasteiger partial charge in [-0.3, -0.25) is 0 Å². The van der Waals surface area contributed by atoms with Crippen molar-refractivity contribution in [2.24, 2.45) is 5.92 Å². The van der Waals surface area contributed by atoms with Crippen LogP contribution < -0.4 is 15.5 Å². The molecule has 0 saturated carbocycles. The summed E-state index contributed by atoms with van der Waals surface area (Å²) in [7, 11) is 3.75. The molecular weight excluding hydrogens is 244 g/mol. The lowest BCUT2D eigenvalue weighted by Crippen LogP contribution is -2.31. The summed E-state index contributed by atoms with van der Waals surface area (Å²) in [6.45, 7) is 6.83. The lowest BCUT2D eigenvalue weighted by molar-refractivity contribution is 0.248. The zero-order valence-corrected chi connectivity index (χ0v) is 12.3. The molecule has 0 fully saturated rings. The van der Waals surface area contributed by atoms with Crippen LogP contribution in [0.15, 0.2) is 0 Å².